The highest BCUT2D eigenvalue weighted by Crippen LogP contribution is 2.41. The Hall–Kier alpha value is -1.25. The monoisotopic (exact) mass is 344 g/mol. The predicted octanol–water partition coefficient (Wildman–Crippen LogP) is 1.12. The lowest BCUT2D eigenvalue weighted by Gasteiger charge is -2.47. The van der Waals surface area contributed by atoms with Gasteiger partial charge in [0.2, 0.25) is 5.91 Å². The van der Waals surface area contributed by atoms with Gasteiger partial charge in [0, 0.05) is 20.3 Å². The Morgan fingerprint density at radius 2 is 2.04 bits per heavy atom. The number of alkyl halides is 1. The van der Waals surface area contributed by atoms with Gasteiger partial charge in [-0.05, 0) is 38.0 Å². The fourth-order valence-corrected chi connectivity index (χ4v) is 3.83. The minimum absolute atomic E-state index is 0.0182. The molecule has 24 heavy (non-hydrogen) atoms. The van der Waals surface area contributed by atoms with E-state index in [0.29, 0.717) is 26.1 Å². The molecule has 3 fully saturated rings. The minimum Gasteiger partial charge on any atom is -0.385 e. The van der Waals surface area contributed by atoms with Crippen molar-refractivity contribution in [1.29, 1.82) is 0 Å². The van der Waals surface area contributed by atoms with E-state index in [1.165, 1.54) is 0 Å². The fourth-order valence-electron chi connectivity index (χ4n) is 3.83. The van der Waals surface area contributed by atoms with Gasteiger partial charge in [0.15, 0.2) is 6.17 Å². The molecule has 1 saturated carbocycles. The first kappa shape index (κ1) is 17.6. The zero-order chi connectivity index (χ0) is 17.1. The fraction of sp³-hybridized carbons (Fsp3) is 0.875. The van der Waals surface area contributed by atoms with Gasteiger partial charge in [-0.1, -0.05) is 0 Å². The van der Waals surface area contributed by atoms with Crippen LogP contribution in [-0.4, -0.2) is 56.9 Å². The average Bonchev–Trinajstić information content (AvgIpc) is 2.55. The van der Waals surface area contributed by atoms with Crippen molar-refractivity contribution in [3.8, 4) is 0 Å². The van der Waals surface area contributed by atoms with Gasteiger partial charge in [-0.3, -0.25) is 10.1 Å². The van der Waals surface area contributed by atoms with Gasteiger partial charge in [0.1, 0.15) is 6.23 Å². The van der Waals surface area contributed by atoms with Crippen LogP contribution < -0.4 is 10.6 Å². The third-order valence-corrected chi connectivity index (χ3v) is 5.10. The van der Waals surface area contributed by atoms with Crippen LogP contribution in [0.2, 0.25) is 0 Å². The third-order valence-electron chi connectivity index (χ3n) is 5.10. The quantitative estimate of drug-likeness (QED) is 0.705. The number of amides is 3. The van der Waals surface area contributed by atoms with E-state index < -0.39 is 36.6 Å². The first-order valence-electron chi connectivity index (χ1n) is 8.61. The number of ether oxygens (including phenoxy) is 3. The van der Waals surface area contributed by atoms with Gasteiger partial charge in [0.05, 0.1) is 18.1 Å². The Labute approximate surface area is 140 Å². The first-order chi connectivity index (χ1) is 11.6. The molecule has 3 aliphatic rings. The summed E-state index contributed by atoms with van der Waals surface area (Å²) >= 11 is 0. The average molecular weight is 344 g/mol. The first-order valence-corrected chi connectivity index (χ1v) is 8.61. The van der Waals surface area contributed by atoms with E-state index in [1.807, 2.05) is 0 Å². The largest absolute Gasteiger partial charge is 0.385 e. The summed E-state index contributed by atoms with van der Waals surface area (Å²) in [6.45, 7) is 1.17. The molecule has 136 valence electrons. The highest BCUT2D eigenvalue weighted by atomic mass is 19.1. The van der Waals surface area contributed by atoms with E-state index in [9.17, 15) is 14.0 Å². The second-order valence-electron chi connectivity index (χ2n) is 6.72. The maximum absolute atomic E-state index is 14.8. The zero-order valence-corrected chi connectivity index (χ0v) is 13.8. The number of hydrogen-bond donors (Lipinski definition) is 2. The summed E-state index contributed by atoms with van der Waals surface area (Å²) in [5.41, 5.74) is 0. The number of rotatable bonds is 6. The Balaban J connectivity index is 1.54. The number of urea groups is 1. The summed E-state index contributed by atoms with van der Waals surface area (Å²) in [5, 5.41) is 4.81. The Kier molecular flexibility index (Phi) is 5.68. The molecule has 0 aromatic heterocycles. The van der Waals surface area contributed by atoms with Crippen molar-refractivity contribution >= 4 is 11.9 Å². The Morgan fingerprint density at radius 3 is 2.83 bits per heavy atom. The summed E-state index contributed by atoms with van der Waals surface area (Å²) < 4.78 is 31.2. The SMILES string of the molecule is COCCCCOC1CCC2CC3C(=O)NC(=O)NC3OC2C1F. The van der Waals surface area contributed by atoms with Crippen molar-refractivity contribution in [2.45, 2.75) is 56.7 Å². The molecule has 0 aromatic carbocycles. The van der Waals surface area contributed by atoms with E-state index in [-0.39, 0.29) is 11.8 Å². The number of hydrogen-bond acceptors (Lipinski definition) is 5. The van der Waals surface area contributed by atoms with Crippen LogP contribution in [0.3, 0.4) is 0 Å². The second kappa shape index (κ2) is 7.76. The summed E-state index contributed by atoms with van der Waals surface area (Å²) in [7, 11) is 1.65. The molecule has 2 saturated heterocycles. The lowest BCUT2D eigenvalue weighted by Crippen LogP contribution is -2.65. The highest BCUT2D eigenvalue weighted by molar-refractivity contribution is 5.98. The molecule has 2 N–H and O–H groups in total. The van der Waals surface area contributed by atoms with Crippen molar-refractivity contribution in [2.75, 3.05) is 20.3 Å². The molecule has 8 heteroatoms. The molecule has 2 aliphatic heterocycles. The maximum atomic E-state index is 14.8. The van der Waals surface area contributed by atoms with Gasteiger partial charge >= 0.3 is 6.03 Å². The van der Waals surface area contributed by atoms with Crippen LogP contribution in [0.15, 0.2) is 0 Å². The van der Waals surface area contributed by atoms with Crippen LogP contribution in [-0.2, 0) is 19.0 Å². The molecule has 6 atom stereocenters. The van der Waals surface area contributed by atoms with E-state index in [4.69, 9.17) is 14.2 Å². The Bertz CT molecular complexity index is 477. The lowest BCUT2D eigenvalue weighted by molar-refractivity contribution is -0.196. The summed E-state index contributed by atoms with van der Waals surface area (Å²) in [6, 6.07) is -0.586. The number of imide groups is 1. The van der Waals surface area contributed by atoms with Crippen LogP contribution in [0.4, 0.5) is 9.18 Å². The third kappa shape index (κ3) is 3.70. The molecule has 0 radical (unpaired) electrons. The van der Waals surface area contributed by atoms with Crippen LogP contribution in [0.1, 0.15) is 32.1 Å². The predicted molar refractivity (Wildman–Crippen MR) is 81.9 cm³/mol. The summed E-state index contributed by atoms with van der Waals surface area (Å²) in [4.78, 5) is 23.3. The van der Waals surface area contributed by atoms with Crippen LogP contribution in [0, 0.1) is 11.8 Å². The van der Waals surface area contributed by atoms with Crippen LogP contribution in [0.5, 0.6) is 0 Å². The van der Waals surface area contributed by atoms with E-state index in [1.54, 1.807) is 7.11 Å². The molecule has 7 nitrogen and oxygen atoms in total. The number of halogens is 1. The number of unbranched alkanes of at least 4 members (excludes halogenated alkanes) is 1. The van der Waals surface area contributed by atoms with Gasteiger partial charge in [-0.25, -0.2) is 9.18 Å². The highest BCUT2D eigenvalue weighted by Gasteiger charge is 2.51. The molecule has 2 heterocycles. The van der Waals surface area contributed by atoms with E-state index in [0.717, 1.165) is 19.3 Å². The smallest absolute Gasteiger partial charge is 0.323 e. The minimum atomic E-state index is -1.24. The van der Waals surface area contributed by atoms with Crippen LogP contribution >= 0.6 is 0 Å². The molecule has 3 amide bonds. The van der Waals surface area contributed by atoms with Gasteiger partial charge in [0.25, 0.3) is 0 Å². The lowest BCUT2D eigenvalue weighted by atomic mass is 9.75. The number of nitrogens with one attached hydrogen (secondary N) is 2. The molecular weight excluding hydrogens is 319 g/mol. The normalized spacial score (nSPS) is 38.8. The molecule has 3 rings (SSSR count). The zero-order valence-electron chi connectivity index (χ0n) is 13.8. The van der Waals surface area contributed by atoms with Crippen molar-refractivity contribution in [2.24, 2.45) is 11.8 Å². The molecular formula is C16H25FN2O5. The van der Waals surface area contributed by atoms with Gasteiger partial charge < -0.3 is 19.5 Å². The van der Waals surface area contributed by atoms with Crippen molar-refractivity contribution in [3.63, 3.8) is 0 Å². The van der Waals surface area contributed by atoms with Crippen LogP contribution in [0.25, 0.3) is 0 Å². The van der Waals surface area contributed by atoms with E-state index >= 15 is 0 Å². The standard InChI is InChI=1S/C16H25FN2O5/c1-22-6-2-3-7-23-11-5-4-9-8-10-14(20)18-16(21)19-15(10)24-13(9)12(11)17/h9-13,15H,2-8H2,1H3,(H2,18,19,20,21). The molecule has 6 unspecified atom stereocenters. The summed E-state index contributed by atoms with van der Waals surface area (Å²) in [6.07, 6.45) is 0.525. The topological polar surface area (TPSA) is 85.9 Å². The second-order valence-corrected chi connectivity index (χ2v) is 6.72. The van der Waals surface area contributed by atoms with Crippen molar-refractivity contribution < 1.29 is 28.2 Å². The molecule has 0 aromatic rings. The number of fused-ring (bicyclic) bond motifs is 2. The van der Waals surface area contributed by atoms with Gasteiger partial charge in [-0.2, -0.15) is 0 Å². The summed E-state index contributed by atoms with van der Waals surface area (Å²) in [5.74, 6) is -0.799. The van der Waals surface area contributed by atoms with Crippen molar-refractivity contribution in [3.05, 3.63) is 0 Å². The molecule has 0 bridgehead atoms. The number of carbonyl (C=O) groups excluding carboxylic acids is 2. The number of methoxy groups -OCH3 is 1. The van der Waals surface area contributed by atoms with Crippen molar-refractivity contribution in [1.82, 2.24) is 10.6 Å². The molecule has 1 aliphatic carbocycles. The van der Waals surface area contributed by atoms with Gasteiger partial charge in [-0.15, -0.1) is 0 Å². The Morgan fingerprint density at radius 1 is 1.25 bits per heavy atom. The number of carbonyl (C=O) groups is 2. The maximum Gasteiger partial charge on any atom is 0.323 e. The van der Waals surface area contributed by atoms with E-state index in [2.05, 4.69) is 10.6 Å². The molecule has 0 spiro atoms.